The normalized spacial score (nSPS) is 14.6. The van der Waals surface area contributed by atoms with Crippen LogP contribution < -0.4 is 5.32 Å². The van der Waals surface area contributed by atoms with E-state index >= 15 is 0 Å². The van der Waals surface area contributed by atoms with Crippen molar-refractivity contribution in [2.45, 2.75) is 32.4 Å². The number of hydrogen-bond donors (Lipinski definition) is 2. The fraction of sp³-hybridized carbons (Fsp3) is 0.429. The van der Waals surface area contributed by atoms with E-state index in [1.54, 1.807) is 6.20 Å². The number of aliphatic hydroxyl groups is 1. The lowest BCUT2D eigenvalue weighted by molar-refractivity contribution is 0.168. The van der Waals surface area contributed by atoms with E-state index in [2.05, 4.69) is 22.2 Å². The number of hydrogen-bond acceptors (Lipinski definition) is 4. The van der Waals surface area contributed by atoms with Crippen molar-refractivity contribution >= 4 is 11.0 Å². The van der Waals surface area contributed by atoms with Gasteiger partial charge >= 0.3 is 0 Å². The molecule has 1 aromatic carbocycles. The third-order valence-electron chi connectivity index (χ3n) is 3.32. The molecule has 96 valence electrons. The fourth-order valence-corrected chi connectivity index (χ4v) is 1.68. The Labute approximate surface area is 107 Å². The van der Waals surface area contributed by atoms with Gasteiger partial charge < -0.3 is 10.4 Å². The monoisotopic (exact) mass is 245 g/mol. The van der Waals surface area contributed by atoms with Crippen molar-refractivity contribution in [3.8, 4) is 0 Å². The third kappa shape index (κ3) is 2.83. The topological polar surface area (TPSA) is 58.0 Å². The minimum atomic E-state index is -0.257. The molecule has 2 N–H and O–H groups in total. The molecule has 2 rings (SSSR count). The van der Waals surface area contributed by atoms with Crippen molar-refractivity contribution in [2.75, 3.05) is 6.61 Å². The smallest absolute Gasteiger partial charge is 0.0890 e. The average Bonchev–Trinajstić information content (AvgIpc) is 2.44. The molecular formula is C14H19N3O. The van der Waals surface area contributed by atoms with Gasteiger partial charge in [0.1, 0.15) is 0 Å². The molecule has 4 nitrogen and oxygen atoms in total. The molecule has 0 aliphatic carbocycles. The summed E-state index contributed by atoms with van der Waals surface area (Å²) >= 11 is 0. The van der Waals surface area contributed by atoms with Gasteiger partial charge in [0.25, 0.3) is 0 Å². The van der Waals surface area contributed by atoms with E-state index in [1.165, 1.54) is 0 Å². The summed E-state index contributed by atoms with van der Waals surface area (Å²) < 4.78 is 0. The lowest BCUT2D eigenvalue weighted by Gasteiger charge is -2.27. The number of benzene rings is 1. The molecule has 0 saturated heterocycles. The van der Waals surface area contributed by atoms with Gasteiger partial charge in [0.2, 0.25) is 0 Å². The van der Waals surface area contributed by atoms with Crippen molar-refractivity contribution in [3.63, 3.8) is 0 Å². The van der Waals surface area contributed by atoms with Crippen LogP contribution in [0.3, 0.4) is 0 Å². The molecule has 0 bridgehead atoms. The Kier molecular flexibility index (Phi) is 3.89. The van der Waals surface area contributed by atoms with Crippen LogP contribution in [0.1, 0.15) is 26.0 Å². The van der Waals surface area contributed by atoms with Crippen LogP contribution in [0.25, 0.3) is 11.0 Å². The first kappa shape index (κ1) is 12.9. The fourth-order valence-electron chi connectivity index (χ4n) is 1.68. The Hall–Kier alpha value is -1.52. The molecule has 1 atom stereocenters. The predicted molar refractivity (Wildman–Crippen MR) is 72.2 cm³/mol. The minimum Gasteiger partial charge on any atom is -0.394 e. The largest absolute Gasteiger partial charge is 0.394 e. The van der Waals surface area contributed by atoms with Gasteiger partial charge in [-0.05, 0) is 25.5 Å². The summed E-state index contributed by atoms with van der Waals surface area (Å²) in [7, 11) is 0. The van der Waals surface area contributed by atoms with E-state index < -0.39 is 0 Å². The van der Waals surface area contributed by atoms with Gasteiger partial charge in [-0.25, -0.2) is 4.98 Å². The lowest BCUT2D eigenvalue weighted by Crippen LogP contribution is -2.44. The number of nitrogens with zero attached hydrogens (tertiary/aromatic N) is 2. The third-order valence-corrected chi connectivity index (χ3v) is 3.32. The molecule has 0 aliphatic heterocycles. The van der Waals surface area contributed by atoms with Crippen molar-refractivity contribution < 1.29 is 5.11 Å². The summed E-state index contributed by atoms with van der Waals surface area (Å²) in [6.07, 6.45) is 2.65. The van der Waals surface area contributed by atoms with Crippen LogP contribution in [-0.4, -0.2) is 27.2 Å². The average molecular weight is 245 g/mol. The summed E-state index contributed by atoms with van der Waals surface area (Å²) in [6, 6.07) is 7.81. The number of para-hydroxylation sites is 2. The zero-order valence-electron chi connectivity index (χ0n) is 10.8. The van der Waals surface area contributed by atoms with Crippen LogP contribution in [0.2, 0.25) is 0 Å². The molecule has 0 fully saturated rings. The van der Waals surface area contributed by atoms with E-state index in [4.69, 9.17) is 0 Å². The van der Waals surface area contributed by atoms with Crippen molar-refractivity contribution in [2.24, 2.45) is 0 Å². The maximum atomic E-state index is 9.34. The highest BCUT2D eigenvalue weighted by molar-refractivity contribution is 5.73. The molecule has 1 aromatic heterocycles. The van der Waals surface area contributed by atoms with Crippen molar-refractivity contribution in [3.05, 3.63) is 36.2 Å². The van der Waals surface area contributed by atoms with Crippen LogP contribution in [-0.2, 0) is 6.54 Å². The number of aliphatic hydroxyl groups excluding tert-OH is 1. The summed E-state index contributed by atoms with van der Waals surface area (Å²) in [5.41, 5.74) is 2.44. The van der Waals surface area contributed by atoms with Gasteiger partial charge in [-0.2, -0.15) is 0 Å². The first-order valence-electron chi connectivity index (χ1n) is 6.23. The van der Waals surface area contributed by atoms with Gasteiger partial charge in [0.15, 0.2) is 0 Å². The number of nitrogens with one attached hydrogen (secondary N) is 1. The van der Waals surface area contributed by atoms with E-state index in [1.807, 2.05) is 31.2 Å². The zero-order valence-corrected chi connectivity index (χ0v) is 10.8. The van der Waals surface area contributed by atoms with Gasteiger partial charge in [-0.15, -0.1) is 0 Å². The highest BCUT2D eigenvalue weighted by Crippen LogP contribution is 2.11. The van der Waals surface area contributed by atoms with Crippen molar-refractivity contribution in [1.29, 1.82) is 0 Å². The molecule has 0 amide bonds. The number of aromatic nitrogens is 2. The highest BCUT2D eigenvalue weighted by atomic mass is 16.3. The molecule has 18 heavy (non-hydrogen) atoms. The molecular weight excluding hydrogens is 226 g/mol. The van der Waals surface area contributed by atoms with E-state index in [9.17, 15) is 5.11 Å². The summed E-state index contributed by atoms with van der Waals surface area (Å²) in [5.74, 6) is 0. The lowest BCUT2D eigenvalue weighted by atomic mass is 10.0. The number of rotatable bonds is 5. The Morgan fingerprint density at radius 1 is 1.28 bits per heavy atom. The molecule has 0 spiro atoms. The standard InChI is InChI=1S/C14H19N3O/c1-3-14(2,10-18)16-9-11-8-15-12-6-4-5-7-13(12)17-11/h4-8,16,18H,3,9-10H2,1-2H3. The zero-order chi connectivity index (χ0) is 13.0. The maximum Gasteiger partial charge on any atom is 0.0890 e. The highest BCUT2D eigenvalue weighted by Gasteiger charge is 2.19. The minimum absolute atomic E-state index is 0.116. The van der Waals surface area contributed by atoms with Crippen LogP contribution in [0.15, 0.2) is 30.5 Å². The Morgan fingerprint density at radius 2 is 2.00 bits per heavy atom. The van der Waals surface area contributed by atoms with Gasteiger partial charge in [0.05, 0.1) is 29.5 Å². The molecule has 1 unspecified atom stereocenters. The Morgan fingerprint density at radius 3 is 2.67 bits per heavy atom. The van der Waals surface area contributed by atoms with Crippen LogP contribution in [0.5, 0.6) is 0 Å². The summed E-state index contributed by atoms with van der Waals surface area (Å²) in [4.78, 5) is 8.91. The first-order valence-corrected chi connectivity index (χ1v) is 6.23. The van der Waals surface area contributed by atoms with E-state index in [0.717, 1.165) is 23.1 Å². The Balaban J connectivity index is 2.12. The second kappa shape index (κ2) is 5.42. The maximum absolute atomic E-state index is 9.34. The second-order valence-corrected chi connectivity index (χ2v) is 4.78. The summed E-state index contributed by atoms with van der Waals surface area (Å²) in [6.45, 7) is 4.78. The SMILES string of the molecule is CCC(C)(CO)NCc1cnc2ccccc2n1. The molecule has 1 heterocycles. The number of fused-ring (bicyclic) bond motifs is 1. The van der Waals surface area contributed by atoms with Crippen LogP contribution >= 0.6 is 0 Å². The molecule has 0 saturated carbocycles. The molecule has 4 heteroatoms. The molecule has 0 radical (unpaired) electrons. The predicted octanol–water partition coefficient (Wildman–Crippen LogP) is 1.88. The van der Waals surface area contributed by atoms with Crippen LogP contribution in [0.4, 0.5) is 0 Å². The summed E-state index contributed by atoms with van der Waals surface area (Å²) in [5, 5.41) is 12.7. The second-order valence-electron chi connectivity index (χ2n) is 4.78. The van der Waals surface area contributed by atoms with Gasteiger partial charge in [0, 0.05) is 12.1 Å². The van der Waals surface area contributed by atoms with Gasteiger partial charge in [-0.1, -0.05) is 19.1 Å². The van der Waals surface area contributed by atoms with Crippen molar-refractivity contribution in [1.82, 2.24) is 15.3 Å². The quantitative estimate of drug-likeness (QED) is 0.844. The van der Waals surface area contributed by atoms with Crippen LogP contribution in [0, 0.1) is 0 Å². The first-order chi connectivity index (χ1) is 8.67. The Bertz CT molecular complexity index is 523. The molecule has 0 aliphatic rings. The molecule has 2 aromatic rings. The van der Waals surface area contributed by atoms with Gasteiger partial charge in [-0.3, -0.25) is 4.98 Å². The van der Waals surface area contributed by atoms with E-state index in [0.29, 0.717) is 6.54 Å². The van der Waals surface area contributed by atoms with E-state index in [-0.39, 0.29) is 12.1 Å².